The Morgan fingerprint density at radius 2 is 1.74 bits per heavy atom. The van der Waals surface area contributed by atoms with Crippen LogP contribution in [-0.4, -0.2) is 42.1 Å². The van der Waals surface area contributed by atoms with E-state index in [9.17, 15) is 9.59 Å². The third kappa shape index (κ3) is 5.83. The monoisotopic (exact) mass is 316 g/mol. The van der Waals surface area contributed by atoms with Crippen LogP contribution in [0.3, 0.4) is 0 Å². The van der Waals surface area contributed by atoms with Crippen molar-refractivity contribution in [1.82, 2.24) is 10.3 Å². The molecule has 0 radical (unpaired) electrons. The zero-order valence-electron chi connectivity index (χ0n) is 13.8. The summed E-state index contributed by atoms with van der Waals surface area (Å²) < 4.78 is 0. The van der Waals surface area contributed by atoms with Crippen LogP contribution in [0.25, 0.3) is 0 Å². The first-order valence-corrected chi connectivity index (χ1v) is 7.98. The Balaban J connectivity index is 1.86. The predicted molar refractivity (Wildman–Crippen MR) is 91.4 cm³/mol. The second-order valence-electron chi connectivity index (χ2n) is 5.83. The summed E-state index contributed by atoms with van der Waals surface area (Å²) in [4.78, 5) is 25.1. The zero-order chi connectivity index (χ0) is 16.7. The van der Waals surface area contributed by atoms with E-state index >= 15 is 0 Å². The number of amides is 2. The van der Waals surface area contributed by atoms with Gasteiger partial charge in [-0.25, -0.2) is 5.43 Å². The summed E-state index contributed by atoms with van der Waals surface area (Å²) in [5.74, 6) is -0.186. The van der Waals surface area contributed by atoms with Crippen LogP contribution in [0, 0.1) is 0 Å². The van der Waals surface area contributed by atoms with Crippen LogP contribution in [0.5, 0.6) is 0 Å². The van der Waals surface area contributed by atoms with Crippen molar-refractivity contribution in [3.63, 3.8) is 0 Å². The molecule has 2 N–H and O–H groups in total. The largest absolute Gasteiger partial charge is 0.326 e. The number of carbonyl (C=O) groups is 2. The van der Waals surface area contributed by atoms with Gasteiger partial charge in [0.05, 0.1) is 12.3 Å². The Kier molecular flexibility index (Phi) is 6.29. The molecule has 0 saturated carbocycles. The lowest BCUT2D eigenvalue weighted by molar-refractivity contribution is -0.122. The van der Waals surface area contributed by atoms with Crippen LogP contribution in [0.4, 0.5) is 5.69 Å². The van der Waals surface area contributed by atoms with Crippen molar-refractivity contribution in [2.45, 2.75) is 33.1 Å². The summed E-state index contributed by atoms with van der Waals surface area (Å²) in [6.45, 7) is 5.69. The number of hydrogen-bond donors (Lipinski definition) is 2. The van der Waals surface area contributed by atoms with Gasteiger partial charge in [0, 0.05) is 12.6 Å². The van der Waals surface area contributed by atoms with Gasteiger partial charge >= 0.3 is 0 Å². The van der Waals surface area contributed by atoms with E-state index in [1.54, 1.807) is 0 Å². The molecule has 0 unspecified atom stereocenters. The SMILES string of the molecule is CC(=O)Nc1ccc(/C(C)=N\NC(=O)CN2CCCCC2)cc1. The van der Waals surface area contributed by atoms with Crippen molar-refractivity contribution >= 4 is 23.2 Å². The molecule has 1 aliphatic rings. The Morgan fingerprint density at radius 3 is 2.35 bits per heavy atom. The third-order valence-corrected chi connectivity index (χ3v) is 3.79. The number of hydrazone groups is 1. The molecule has 1 fully saturated rings. The minimum atomic E-state index is -0.104. The molecule has 1 saturated heterocycles. The number of carbonyl (C=O) groups excluding carboxylic acids is 2. The number of rotatable bonds is 5. The lowest BCUT2D eigenvalue weighted by atomic mass is 10.1. The van der Waals surface area contributed by atoms with E-state index < -0.39 is 0 Å². The fourth-order valence-electron chi connectivity index (χ4n) is 2.56. The summed E-state index contributed by atoms with van der Waals surface area (Å²) in [6, 6.07) is 7.35. The van der Waals surface area contributed by atoms with Crippen molar-refractivity contribution < 1.29 is 9.59 Å². The van der Waals surface area contributed by atoms with E-state index in [0.29, 0.717) is 6.54 Å². The highest BCUT2D eigenvalue weighted by Gasteiger charge is 2.13. The highest BCUT2D eigenvalue weighted by atomic mass is 16.2. The lowest BCUT2D eigenvalue weighted by Gasteiger charge is -2.25. The minimum absolute atomic E-state index is 0.0823. The van der Waals surface area contributed by atoms with E-state index in [1.807, 2.05) is 31.2 Å². The number of likely N-dealkylation sites (tertiary alicyclic amines) is 1. The number of anilines is 1. The van der Waals surface area contributed by atoms with Crippen LogP contribution in [0.1, 0.15) is 38.7 Å². The molecule has 23 heavy (non-hydrogen) atoms. The molecule has 1 aromatic rings. The summed E-state index contributed by atoms with van der Waals surface area (Å²) in [5.41, 5.74) is 4.98. The fraction of sp³-hybridized carbons (Fsp3) is 0.471. The molecule has 2 rings (SSSR count). The molecule has 2 amide bonds. The van der Waals surface area contributed by atoms with Crippen LogP contribution in [0.2, 0.25) is 0 Å². The number of hydrogen-bond acceptors (Lipinski definition) is 4. The van der Waals surface area contributed by atoms with E-state index in [4.69, 9.17) is 0 Å². The first-order chi connectivity index (χ1) is 11.0. The molecule has 0 aromatic heterocycles. The van der Waals surface area contributed by atoms with Gasteiger partial charge in [0.25, 0.3) is 5.91 Å². The molecule has 1 heterocycles. The van der Waals surface area contributed by atoms with E-state index in [0.717, 1.165) is 42.9 Å². The predicted octanol–water partition coefficient (Wildman–Crippen LogP) is 1.97. The molecule has 6 heteroatoms. The van der Waals surface area contributed by atoms with Crippen molar-refractivity contribution in [1.29, 1.82) is 0 Å². The summed E-state index contributed by atoms with van der Waals surface area (Å²) in [5, 5.41) is 6.87. The molecule has 1 aromatic carbocycles. The molecular formula is C17H24N4O2. The molecule has 0 bridgehead atoms. The maximum atomic E-state index is 11.9. The quantitative estimate of drug-likeness (QED) is 0.644. The van der Waals surface area contributed by atoms with Crippen molar-refractivity contribution in [2.75, 3.05) is 25.0 Å². The standard InChI is InChI=1S/C17H24N4O2/c1-13(15-6-8-16(9-7-15)18-14(2)22)19-20-17(23)12-21-10-4-3-5-11-21/h6-9H,3-5,10-12H2,1-2H3,(H,18,22)(H,20,23)/b19-13-. The first kappa shape index (κ1) is 17.1. The van der Waals surface area contributed by atoms with Crippen molar-refractivity contribution in [2.24, 2.45) is 5.10 Å². The Morgan fingerprint density at radius 1 is 1.09 bits per heavy atom. The van der Waals surface area contributed by atoms with Gasteiger partial charge in [-0.2, -0.15) is 5.10 Å². The van der Waals surface area contributed by atoms with Gasteiger partial charge < -0.3 is 5.32 Å². The Hall–Kier alpha value is -2.21. The van der Waals surface area contributed by atoms with Gasteiger partial charge in [0.1, 0.15) is 0 Å². The summed E-state index contributed by atoms with van der Waals surface area (Å²) in [7, 11) is 0. The Labute approximate surface area is 136 Å². The summed E-state index contributed by atoms with van der Waals surface area (Å²) >= 11 is 0. The van der Waals surface area contributed by atoms with Gasteiger partial charge in [0.2, 0.25) is 5.91 Å². The van der Waals surface area contributed by atoms with Gasteiger partial charge in [-0.3, -0.25) is 14.5 Å². The number of nitrogens with one attached hydrogen (secondary N) is 2. The topological polar surface area (TPSA) is 73.8 Å². The number of benzene rings is 1. The zero-order valence-corrected chi connectivity index (χ0v) is 13.8. The van der Waals surface area contributed by atoms with Gasteiger partial charge in [-0.05, 0) is 50.6 Å². The molecule has 0 spiro atoms. The van der Waals surface area contributed by atoms with Crippen molar-refractivity contribution in [3.8, 4) is 0 Å². The van der Waals surface area contributed by atoms with E-state index in [-0.39, 0.29) is 11.8 Å². The Bertz CT molecular complexity index is 575. The van der Waals surface area contributed by atoms with Crippen molar-refractivity contribution in [3.05, 3.63) is 29.8 Å². The van der Waals surface area contributed by atoms with Crippen LogP contribution >= 0.6 is 0 Å². The van der Waals surface area contributed by atoms with Crippen LogP contribution < -0.4 is 10.7 Å². The average molecular weight is 316 g/mol. The molecule has 0 aliphatic carbocycles. The highest BCUT2D eigenvalue weighted by molar-refractivity contribution is 6.00. The van der Waals surface area contributed by atoms with Gasteiger partial charge in [-0.1, -0.05) is 18.6 Å². The highest BCUT2D eigenvalue weighted by Crippen LogP contribution is 2.10. The van der Waals surface area contributed by atoms with Crippen LogP contribution in [-0.2, 0) is 9.59 Å². The minimum Gasteiger partial charge on any atom is -0.326 e. The number of nitrogens with zero attached hydrogens (tertiary/aromatic N) is 2. The number of piperidine rings is 1. The maximum Gasteiger partial charge on any atom is 0.254 e. The normalized spacial score (nSPS) is 16.0. The first-order valence-electron chi connectivity index (χ1n) is 7.98. The molecule has 124 valence electrons. The molecule has 1 aliphatic heterocycles. The second kappa shape index (κ2) is 8.43. The van der Waals surface area contributed by atoms with E-state index in [1.165, 1.54) is 13.3 Å². The van der Waals surface area contributed by atoms with Gasteiger partial charge in [0.15, 0.2) is 0 Å². The molecule has 6 nitrogen and oxygen atoms in total. The van der Waals surface area contributed by atoms with E-state index in [2.05, 4.69) is 20.7 Å². The third-order valence-electron chi connectivity index (χ3n) is 3.79. The average Bonchev–Trinajstić information content (AvgIpc) is 2.54. The smallest absolute Gasteiger partial charge is 0.254 e. The second-order valence-corrected chi connectivity index (χ2v) is 5.83. The maximum absolute atomic E-state index is 11.9. The van der Waals surface area contributed by atoms with Gasteiger partial charge in [-0.15, -0.1) is 0 Å². The lowest BCUT2D eigenvalue weighted by Crippen LogP contribution is -2.38. The molecule has 0 atom stereocenters. The summed E-state index contributed by atoms with van der Waals surface area (Å²) in [6.07, 6.45) is 3.58. The molecular weight excluding hydrogens is 292 g/mol. The fourth-order valence-corrected chi connectivity index (χ4v) is 2.56. The van der Waals surface area contributed by atoms with Crippen LogP contribution in [0.15, 0.2) is 29.4 Å².